The molecule has 9 heteroatoms. The van der Waals surface area contributed by atoms with E-state index in [1.165, 1.54) is 25.0 Å². The summed E-state index contributed by atoms with van der Waals surface area (Å²) in [4.78, 5) is 7.08. The van der Waals surface area contributed by atoms with E-state index in [4.69, 9.17) is 9.47 Å². The molecule has 26 heavy (non-hydrogen) atoms. The van der Waals surface area contributed by atoms with Crippen molar-refractivity contribution in [3.63, 3.8) is 0 Å². The zero-order chi connectivity index (χ0) is 18.0. The molecule has 0 saturated carbocycles. The van der Waals surface area contributed by atoms with Crippen LogP contribution < -0.4 is 19.1 Å². The lowest BCUT2D eigenvalue weighted by Crippen LogP contribution is -2.26. The van der Waals surface area contributed by atoms with Crippen molar-refractivity contribution < 1.29 is 17.9 Å². The second-order valence-corrected chi connectivity index (χ2v) is 8.87. The molecule has 1 aromatic carbocycles. The highest BCUT2D eigenvalue weighted by Crippen LogP contribution is 2.32. The van der Waals surface area contributed by atoms with E-state index >= 15 is 0 Å². The summed E-state index contributed by atoms with van der Waals surface area (Å²) >= 11 is 1.62. The van der Waals surface area contributed by atoms with Crippen molar-refractivity contribution in [1.29, 1.82) is 0 Å². The van der Waals surface area contributed by atoms with Crippen molar-refractivity contribution in [2.24, 2.45) is 0 Å². The number of anilines is 1. The zero-order valence-corrected chi connectivity index (χ0v) is 15.9. The molecule has 3 heterocycles. The average Bonchev–Trinajstić information content (AvgIpc) is 3.32. The van der Waals surface area contributed by atoms with Gasteiger partial charge in [-0.1, -0.05) is 0 Å². The molecule has 0 radical (unpaired) electrons. The molecule has 2 aliphatic rings. The number of benzene rings is 1. The average molecular weight is 396 g/mol. The van der Waals surface area contributed by atoms with Gasteiger partial charge in [-0.15, -0.1) is 11.3 Å². The fourth-order valence-electron chi connectivity index (χ4n) is 3.05. The Morgan fingerprint density at radius 3 is 2.73 bits per heavy atom. The Morgan fingerprint density at radius 1 is 1.15 bits per heavy atom. The van der Waals surface area contributed by atoms with Crippen LogP contribution in [0.25, 0.3) is 0 Å². The first-order valence-electron chi connectivity index (χ1n) is 8.70. The minimum atomic E-state index is -3.59. The van der Waals surface area contributed by atoms with Crippen LogP contribution in [-0.4, -0.2) is 46.2 Å². The summed E-state index contributed by atoms with van der Waals surface area (Å²) in [6.45, 7) is 3.32. The maximum Gasteiger partial charge on any atom is 0.240 e. The van der Waals surface area contributed by atoms with Gasteiger partial charge in [-0.3, -0.25) is 0 Å². The van der Waals surface area contributed by atoms with Gasteiger partial charge in [-0.05, 0) is 25.0 Å². The quantitative estimate of drug-likeness (QED) is 0.806. The molecule has 0 unspecified atom stereocenters. The van der Waals surface area contributed by atoms with Crippen molar-refractivity contribution in [1.82, 2.24) is 9.71 Å². The third-order valence-corrected chi connectivity index (χ3v) is 6.82. The van der Waals surface area contributed by atoms with Crippen LogP contribution >= 0.6 is 11.3 Å². The lowest BCUT2D eigenvalue weighted by Gasteiger charge is -2.18. The Bertz CT molecular complexity index is 876. The predicted octanol–water partition coefficient (Wildman–Crippen LogP) is 2.04. The summed E-state index contributed by atoms with van der Waals surface area (Å²) in [6.07, 6.45) is 2.99. The van der Waals surface area contributed by atoms with E-state index in [-0.39, 0.29) is 4.90 Å². The second kappa shape index (κ2) is 7.42. The number of fused-ring (bicyclic) bond motifs is 1. The highest BCUT2D eigenvalue weighted by molar-refractivity contribution is 7.89. The first-order valence-corrected chi connectivity index (χ1v) is 11.1. The van der Waals surface area contributed by atoms with Crippen LogP contribution in [0.3, 0.4) is 0 Å². The third kappa shape index (κ3) is 3.79. The Balaban J connectivity index is 1.36. The Labute approximate surface area is 157 Å². The number of hydrogen-bond donors (Lipinski definition) is 1. The molecule has 1 aromatic heterocycles. The maximum atomic E-state index is 12.5. The number of sulfonamides is 1. The molecule has 140 valence electrons. The first kappa shape index (κ1) is 17.6. The topological polar surface area (TPSA) is 80.8 Å². The molecule has 2 aliphatic heterocycles. The van der Waals surface area contributed by atoms with Gasteiger partial charge in [-0.2, -0.15) is 0 Å². The number of hydrogen-bond acceptors (Lipinski definition) is 7. The van der Waals surface area contributed by atoms with E-state index in [0.717, 1.165) is 23.9 Å². The van der Waals surface area contributed by atoms with Crippen LogP contribution in [0.5, 0.6) is 11.5 Å². The molecule has 1 N–H and O–H groups in total. The van der Waals surface area contributed by atoms with Crippen LogP contribution in [-0.2, 0) is 16.4 Å². The molecule has 0 bridgehead atoms. The van der Waals surface area contributed by atoms with E-state index in [1.807, 2.05) is 5.38 Å². The van der Waals surface area contributed by atoms with E-state index < -0.39 is 10.0 Å². The van der Waals surface area contributed by atoms with Gasteiger partial charge in [0.2, 0.25) is 10.0 Å². The minimum absolute atomic E-state index is 0.179. The smallest absolute Gasteiger partial charge is 0.240 e. The molecule has 0 spiro atoms. The van der Waals surface area contributed by atoms with Crippen LogP contribution in [0.2, 0.25) is 0 Å². The van der Waals surface area contributed by atoms with Gasteiger partial charge in [0.1, 0.15) is 13.2 Å². The summed E-state index contributed by atoms with van der Waals surface area (Å²) < 4.78 is 38.5. The van der Waals surface area contributed by atoms with Crippen LogP contribution in [0.4, 0.5) is 5.13 Å². The lowest BCUT2D eigenvalue weighted by molar-refractivity contribution is 0.171. The molecule has 0 aliphatic carbocycles. The zero-order valence-electron chi connectivity index (χ0n) is 14.3. The maximum absolute atomic E-state index is 12.5. The van der Waals surface area contributed by atoms with E-state index in [0.29, 0.717) is 37.7 Å². The molecular formula is C17H21N3O4S2. The molecule has 0 atom stereocenters. The predicted molar refractivity (Wildman–Crippen MR) is 99.9 cm³/mol. The number of ether oxygens (including phenoxy) is 2. The number of thiazole rings is 1. The van der Waals surface area contributed by atoms with Gasteiger partial charge >= 0.3 is 0 Å². The largest absolute Gasteiger partial charge is 0.486 e. The molecule has 4 rings (SSSR count). The first-order chi connectivity index (χ1) is 12.6. The molecular weight excluding hydrogens is 374 g/mol. The number of nitrogens with one attached hydrogen (secondary N) is 1. The Hall–Kier alpha value is -1.84. The lowest BCUT2D eigenvalue weighted by atomic mass is 10.3. The van der Waals surface area contributed by atoms with Crippen molar-refractivity contribution in [3.8, 4) is 11.5 Å². The van der Waals surface area contributed by atoms with E-state index in [9.17, 15) is 8.42 Å². The summed E-state index contributed by atoms with van der Waals surface area (Å²) in [5.74, 6) is 1.04. The summed E-state index contributed by atoms with van der Waals surface area (Å²) in [5, 5.41) is 3.04. The number of aromatic nitrogens is 1. The Morgan fingerprint density at radius 2 is 1.92 bits per heavy atom. The van der Waals surface area contributed by atoms with Crippen molar-refractivity contribution >= 4 is 26.5 Å². The van der Waals surface area contributed by atoms with Crippen molar-refractivity contribution in [3.05, 3.63) is 29.3 Å². The fourth-order valence-corrected chi connectivity index (χ4v) is 5.01. The van der Waals surface area contributed by atoms with Crippen LogP contribution in [0.1, 0.15) is 18.5 Å². The number of nitrogens with zero attached hydrogens (tertiary/aromatic N) is 2. The third-order valence-electron chi connectivity index (χ3n) is 4.41. The normalized spacial score (nSPS) is 16.8. The van der Waals surface area contributed by atoms with E-state index in [2.05, 4.69) is 14.6 Å². The van der Waals surface area contributed by atoms with Crippen LogP contribution in [0.15, 0.2) is 28.5 Å². The van der Waals surface area contributed by atoms with Gasteiger partial charge in [0.05, 0.1) is 10.6 Å². The molecule has 2 aromatic rings. The van der Waals surface area contributed by atoms with Crippen molar-refractivity contribution in [2.45, 2.75) is 24.2 Å². The Kier molecular flexibility index (Phi) is 5.01. The molecule has 7 nitrogen and oxygen atoms in total. The summed E-state index contributed by atoms with van der Waals surface area (Å²) in [7, 11) is -3.59. The molecule has 1 fully saturated rings. The molecule has 0 amide bonds. The van der Waals surface area contributed by atoms with Crippen LogP contribution in [0, 0.1) is 0 Å². The molecule has 1 saturated heterocycles. The second-order valence-electron chi connectivity index (χ2n) is 6.27. The number of rotatable bonds is 6. The van der Waals surface area contributed by atoms with Gasteiger partial charge in [0, 0.05) is 37.5 Å². The fraction of sp³-hybridized carbons (Fsp3) is 0.471. The minimum Gasteiger partial charge on any atom is -0.486 e. The highest BCUT2D eigenvalue weighted by Gasteiger charge is 2.20. The summed E-state index contributed by atoms with van der Waals surface area (Å²) in [5.41, 5.74) is 0.918. The van der Waals surface area contributed by atoms with Gasteiger partial charge in [-0.25, -0.2) is 18.1 Å². The van der Waals surface area contributed by atoms with Gasteiger partial charge in [0.25, 0.3) is 0 Å². The highest BCUT2D eigenvalue weighted by atomic mass is 32.2. The van der Waals surface area contributed by atoms with Crippen molar-refractivity contribution in [2.75, 3.05) is 37.7 Å². The summed E-state index contributed by atoms with van der Waals surface area (Å²) in [6, 6.07) is 4.67. The van der Waals surface area contributed by atoms with Gasteiger partial charge < -0.3 is 14.4 Å². The SMILES string of the molecule is O=S(=O)(NCCc1csc(N2CCCC2)n1)c1ccc2c(c1)OCCO2. The van der Waals surface area contributed by atoms with E-state index in [1.54, 1.807) is 17.4 Å². The van der Waals surface area contributed by atoms with Gasteiger partial charge in [0.15, 0.2) is 16.6 Å². The monoisotopic (exact) mass is 395 g/mol. The standard InChI is InChI=1S/C17H21N3O4S2/c21-26(22,14-3-4-15-16(11-14)24-10-9-23-15)18-6-5-13-12-25-17(19-13)20-7-1-2-8-20/h3-4,11-12,18H,1-2,5-10H2.